The van der Waals surface area contributed by atoms with Gasteiger partial charge in [0.05, 0.1) is 11.7 Å². The molecule has 2 nitrogen and oxygen atoms in total. The van der Waals surface area contributed by atoms with Crippen LogP contribution < -0.4 is 0 Å². The highest BCUT2D eigenvalue weighted by molar-refractivity contribution is 5.28. The van der Waals surface area contributed by atoms with Gasteiger partial charge in [-0.1, -0.05) is 12.1 Å². The van der Waals surface area contributed by atoms with Gasteiger partial charge in [0, 0.05) is 25.0 Å². The molecule has 0 atom stereocenters. The highest BCUT2D eigenvalue weighted by Gasteiger charge is 2.46. The molecule has 1 saturated carbocycles. The fourth-order valence-corrected chi connectivity index (χ4v) is 2.13. The smallest absolute Gasteiger partial charge is 0.164 e. The summed E-state index contributed by atoms with van der Waals surface area (Å²) in [5.74, 6) is -1.88. The van der Waals surface area contributed by atoms with E-state index in [-0.39, 0.29) is 11.7 Å². The lowest BCUT2D eigenvalue weighted by molar-refractivity contribution is -0.144. The Morgan fingerprint density at radius 2 is 2.12 bits per heavy atom. The first-order chi connectivity index (χ1) is 7.57. The molecule has 0 saturated heterocycles. The molecular formula is C12H14F2O2. The molecule has 1 aliphatic carbocycles. The van der Waals surface area contributed by atoms with Gasteiger partial charge in [-0.25, -0.2) is 8.78 Å². The number of benzene rings is 1. The molecular weight excluding hydrogens is 214 g/mol. The van der Waals surface area contributed by atoms with Crippen molar-refractivity contribution in [2.75, 3.05) is 6.61 Å². The van der Waals surface area contributed by atoms with Gasteiger partial charge in [-0.15, -0.1) is 0 Å². The van der Waals surface area contributed by atoms with Crippen LogP contribution in [0.3, 0.4) is 0 Å². The zero-order valence-corrected chi connectivity index (χ0v) is 9.04. The molecule has 1 fully saturated rings. The number of rotatable bonds is 3. The quantitative estimate of drug-likeness (QED) is 0.860. The fraction of sp³-hybridized carbons (Fsp3) is 0.500. The third kappa shape index (κ3) is 1.83. The monoisotopic (exact) mass is 228 g/mol. The van der Waals surface area contributed by atoms with Crippen LogP contribution in [0.4, 0.5) is 8.78 Å². The Morgan fingerprint density at radius 3 is 2.75 bits per heavy atom. The first-order valence-electron chi connectivity index (χ1n) is 5.35. The van der Waals surface area contributed by atoms with Gasteiger partial charge in [-0.05, 0) is 13.0 Å². The van der Waals surface area contributed by atoms with E-state index in [9.17, 15) is 13.9 Å². The minimum Gasteiger partial charge on any atom is -0.385 e. The van der Waals surface area contributed by atoms with Crippen LogP contribution >= 0.6 is 0 Å². The van der Waals surface area contributed by atoms with Crippen molar-refractivity contribution < 1.29 is 18.6 Å². The van der Waals surface area contributed by atoms with Crippen LogP contribution in [0.25, 0.3) is 0 Å². The summed E-state index contributed by atoms with van der Waals surface area (Å²) in [4.78, 5) is 0. The highest BCUT2D eigenvalue weighted by Crippen LogP contribution is 2.44. The lowest BCUT2D eigenvalue weighted by Crippen LogP contribution is -2.46. The van der Waals surface area contributed by atoms with Gasteiger partial charge in [0.25, 0.3) is 0 Å². The first kappa shape index (κ1) is 11.5. The van der Waals surface area contributed by atoms with Crippen molar-refractivity contribution in [1.82, 2.24) is 0 Å². The summed E-state index contributed by atoms with van der Waals surface area (Å²) < 4.78 is 31.7. The molecule has 16 heavy (non-hydrogen) atoms. The van der Waals surface area contributed by atoms with Crippen molar-refractivity contribution in [2.45, 2.75) is 31.5 Å². The summed E-state index contributed by atoms with van der Waals surface area (Å²) in [5.41, 5.74) is -1.24. The van der Waals surface area contributed by atoms with E-state index in [1.807, 2.05) is 6.92 Å². The number of hydrogen-bond donors (Lipinski definition) is 1. The molecule has 0 bridgehead atoms. The van der Waals surface area contributed by atoms with Crippen LogP contribution in [-0.4, -0.2) is 17.8 Å². The number of ether oxygens (including phenoxy) is 1. The van der Waals surface area contributed by atoms with Gasteiger partial charge in [-0.3, -0.25) is 0 Å². The standard InChI is InChI=1S/C12H14F2O2/c1-2-16-8-6-12(15,7-8)9-4-3-5-10(13)11(9)14/h3-5,8,15H,2,6-7H2,1H3. The Morgan fingerprint density at radius 1 is 1.44 bits per heavy atom. The molecule has 88 valence electrons. The molecule has 0 aliphatic heterocycles. The van der Waals surface area contributed by atoms with E-state index in [1.165, 1.54) is 12.1 Å². The average molecular weight is 228 g/mol. The van der Waals surface area contributed by atoms with Gasteiger partial charge >= 0.3 is 0 Å². The van der Waals surface area contributed by atoms with Crippen LogP contribution in [-0.2, 0) is 10.3 Å². The average Bonchev–Trinajstić information content (AvgIpc) is 2.20. The second-order valence-corrected chi connectivity index (χ2v) is 4.12. The predicted octanol–water partition coefficient (Wildman–Crippen LogP) is 2.35. The third-order valence-electron chi connectivity index (χ3n) is 2.99. The van der Waals surface area contributed by atoms with E-state index in [1.54, 1.807) is 0 Å². The summed E-state index contributed by atoms with van der Waals surface area (Å²) in [5, 5.41) is 10.1. The van der Waals surface area contributed by atoms with Gasteiger partial charge in [0.1, 0.15) is 0 Å². The van der Waals surface area contributed by atoms with Gasteiger partial charge < -0.3 is 9.84 Å². The Kier molecular flexibility index (Phi) is 2.95. The van der Waals surface area contributed by atoms with Gasteiger partial charge in [0.15, 0.2) is 11.6 Å². The molecule has 0 radical (unpaired) electrons. The Hall–Kier alpha value is -1.00. The first-order valence-corrected chi connectivity index (χ1v) is 5.35. The maximum Gasteiger partial charge on any atom is 0.164 e. The molecule has 1 aliphatic rings. The second kappa shape index (κ2) is 4.11. The summed E-state index contributed by atoms with van der Waals surface area (Å²) in [6, 6.07) is 3.86. The van der Waals surface area contributed by atoms with E-state index in [0.29, 0.717) is 19.4 Å². The predicted molar refractivity (Wildman–Crippen MR) is 54.9 cm³/mol. The fourth-order valence-electron chi connectivity index (χ4n) is 2.13. The summed E-state index contributed by atoms with van der Waals surface area (Å²) in [6.45, 7) is 2.42. The normalized spacial score (nSPS) is 28.9. The molecule has 1 aromatic rings. The Labute approximate surface area is 92.9 Å². The van der Waals surface area contributed by atoms with E-state index in [4.69, 9.17) is 4.74 Å². The van der Waals surface area contributed by atoms with Gasteiger partial charge in [-0.2, -0.15) is 0 Å². The van der Waals surface area contributed by atoms with Crippen molar-refractivity contribution >= 4 is 0 Å². The maximum atomic E-state index is 13.5. The lowest BCUT2D eigenvalue weighted by Gasteiger charge is -2.43. The number of aliphatic hydroxyl groups is 1. The third-order valence-corrected chi connectivity index (χ3v) is 2.99. The van der Waals surface area contributed by atoms with Crippen LogP contribution in [0.2, 0.25) is 0 Å². The molecule has 0 unspecified atom stereocenters. The van der Waals surface area contributed by atoms with Crippen molar-refractivity contribution in [3.63, 3.8) is 0 Å². The van der Waals surface area contributed by atoms with Crippen molar-refractivity contribution in [2.24, 2.45) is 0 Å². The molecule has 4 heteroatoms. The van der Waals surface area contributed by atoms with E-state index in [2.05, 4.69) is 0 Å². The molecule has 0 aromatic heterocycles. The minimum atomic E-state index is -1.27. The molecule has 0 heterocycles. The largest absolute Gasteiger partial charge is 0.385 e. The SMILES string of the molecule is CCOC1CC(O)(c2cccc(F)c2F)C1. The van der Waals surface area contributed by atoms with E-state index < -0.39 is 17.2 Å². The van der Waals surface area contributed by atoms with Gasteiger partial charge in [0.2, 0.25) is 0 Å². The van der Waals surface area contributed by atoms with Crippen molar-refractivity contribution in [3.05, 3.63) is 35.4 Å². The molecule has 1 N–H and O–H groups in total. The summed E-state index contributed by atoms with van der Waals surface area (Å²) in [7, 11) is 0. The van der Waals surface area contributed by atoms with E-state index in [0.717, 1.165) is 6.07 Å². The van der Waals surface area contributed by atoms with Crippen LogP contribution in [0, 0.1) is 11.6 Å². The zero-order chi connectivity index (χ0) is 11.8. The van der Waals surface area contributed by atoms with Crippen LogP contribution in [0.15, 0.2) is 18.2 Å². The Balaban J connectivity index is 2.17. The molecule has 0 spiro atoms. The van der Waals surface area contributed by atoms with Crippen LogP contribution in [0.5, 0.6) is 0 Å². The number of halogens is 2. The topological polar surface area (TPSA) is 29.5 Å². The van der Waals surface area contributed by atoms with E-state index >= 15 is 0 Å². The zero-order valence-electron chi connectivity index (χ0n) is 9.04. The maximum absolute atomic E-state index is 13.5. The molecule has 2 rings (SSSR count). The summed E-state index contributed by atoms with van der Waals surface area (Å²) in [6.07, 6.45) is 0.584. The molecule has 0 amide bonds. The van der Waals surface area contributed by atoms with Crippen molar-refractivity contribution in [1.29, 1.82) is 0 Å². The van der Waals surface area contributed by atoms with Crippen LogP contribution in [0.1, 0.15) is 25.3 Å². The highest BCUT2D eigenvalue weighted by atomic mass is 19.2. The molecule has 1 aromatic carbocycles. The number of hydrogen-bond acceptors (Lipinski definition) is 2. The minimum absolute atomic E-state index is 0.0310. The Bertz CT molecular complexity index is 387. The second-order valence-electron chi connectivity index (χ2n) is 4.12. The lowest BCUT2D eigenvalue weighted by atomic mass is 9.72. The summed E-state index contributed by atoms with van der Waals surface area (Å²) >= 11 is 0. The van der Waals surface area contributed by atoms with Crippen molar-refractivity contribution in [3.8, 4) is 0 Å².